The Labute approximate surface area is 202 Å². The Hall–Kier alpha value is -3.92. The number of benzene rings is 4. The van der Waals surface area contributed by atoms with Crippen LogP contribution in [0.2, 0.25) is 0 Å². The van der Waals surface area contributed by atoms with Gasteiger partial charge in [-0.3, -0.25) is 0 Å². The van der Waals surface area contributed by atoms with Gasteiger partial charge in [0.25, 0.3) is 0 Å². The van der Waals surface area contributed by atoms with Crippen molar-refractivity contribution in [1.29, 1.82) is 0 Å². The smallest absolute Gasteiger partial charge is 0.0343 e. The van der Waals surface area contributed by atoms with E-state index in [0.29, 0.717) is 0 Å². The molecule has 0 aromatic heterocycles. The van der Waals surface area contributed by atoms with Crippen LogP contribution in [-0.4, -0.2) is 0 Å². The molecule has 0 unspecified atom stereocenters. The minimum Gasteiger partial charge on any atom is -0.399 e. The summed E-state index contributed by atoms with van der Waals surface area (Å²) in [6.07, 6.45) is 0. The lowest BCUT2D eigenvalue weighted by molar-refractivity contribution is 0.692. The second-order valence-corrected chi connectivity index (χ2v) is 9.42. The number of nitrogens with two attached hydrogens (primary N) is 4. The summed E-state index contributed by atoms with van der Waals surface area (Å²) >= 11 is 0. The Morgan fingerprint density at radius 2 is 0.588 bits per heavy atom. The monoisotopic (exact) mass is 450 g/mol. The lowest BCUT2D eigenvalue weighted by atomic mass is 9.72. The van der Waals surface area contributed by atoms with Gasteiger partial charge in [0.05, 0.1) is 0 Å². The minimum absolute atomic E-state index is 0.0321. The predicted molar refractivity (Wildman–Crippen MR) is 146 cm³/mol. The summed E-state index contributed by atoms with van der Waals surface area (Å²) < 4.78 is 0. The Balaban J connectivity index is 2.03. The van der Waals surface area contributed by atoms with Crippen LogP contribution in [0.4, 0.5) is 22.7 Å². The third-order valence-electron chi connectivity index (χ3n) is 6.95. The second kappa shape index (κ2) is 9.14. The Bertz CT molecular complexity index is 1150. The van der Waals surface area contributed by atoms with Crippen molar-refractivity contribution in [2.45, 2.75) is 39.5 Å². The van der Waals surface area contributed by atoms with E-state index in [-0.39, 0.29) is 11.8 Å². The molecular formula is C30H34N4. The van der Waals surface area contributed by atoms with Gasteiger partial charge >= 0.3 is 0 Å². The summed E-state index contributed by atoms with van der Waals surface area (Å²) in [4.78, 5) is 0. The minimum atomic E-state index is 0.0321. The van der Waals surface area contributed by atoms with Crippen molar-refractivity contribution in [3.63, 3.8) is 0 Å². The normalized spacial score (nSPS) is 11.4. The van der Waals surface area contributed by atoms with E-state index in [2.05, 4.69) is 76.2 Å². The number of nitrogen functional groups attached to an aromatic ring is 4. The maximum absolute atomic E-state index is 6.20. The highest BCUT2D eigenvalue weighted by molar-refractivity contribution is 5.58. The molecule has 0 fully saturated rings. The van der Waals surface area contributed by atoms with E-state index in [1.807, 2.05) is 24.3 Å². The molecule has 0 aliphatic heterocycles. The number of aryl methyl sites for hydroxylation is 4. The van der Waals surface area contributed by atoms with E-state index in [4.69, 9.17) is 22.9 Å². The second-order valence-electron chi connectivity index (χ2n) is 9.42. The van der Waals surface area contributed by atoms with Crippen LogP contribution in [0.1, 0.15) is 56.3 Å². The molecule has 4 rings (SSSR count). The Morgan fingerprint density at radius 1 is 0.382 bits per heavy atom. The SMILES string of the molecule is Cc1cc(C(c2ccc(N)c(C)c2)C(c2ccc(N)c(C)c2)c2ccc(N)c(C)c2)ccc1N. The van der Waals surface area contributed by atoms with Gasteiger partial charge in [0.2, 0.25) is 0 Å². The van der Waals surface area contributed by atoms with Crippen LogP contribution >= 0.6 is 0 Å². The molecule has 0 amide bonds. The fourth-order valence-electron chi connectivity index (χ4n) is 4.72. The van der Waals surface area contributed by atoms with Crippen LogP contribution < -0.4 is 22.9 Å². The highest BCUT2D eigenvalue weighted by atomic mass is 14.6. The van der Waals surface area contributed by atoms with E-state index in [1.54, 1.807) is 0 Å². The molecular weight excluding hydrogens is 416 g/mol. The van der Waals surface area contributed by atoms with Crippen molar-refractivity contribution in [1.82, 2.24) is 0 Å². The third kappa shape index (κ3) is 4.44. The molecule has 4 heteroatoms. The van der Waals surface area contributed by atoms with Crippen LogP contribution in [0.15, 0.2) is 72.8 Å². The first-order valence-electron chi connectivity index (χ1n) is 11.6. The first kappa shape index (κ1) is 23.2. The van der Waals surface area contributed by atoms with Gasteiger partial charge in [-0.05, 0) is 96.5 Å². The molecule has 0 saturated heterocycles. The fourth-order valence-corrected chi connectivity index (χ4v) is 4.72. The zero-order valence-corrected chi connectivity index (χ0v) is 20.4. The lowest BCUT2D eigenvalue weighted by Gasteiger charge is -2.31. The third-order valence-corrected chi connectivity index (χ3v) is 6.95. The average molecular weight is 451 g/mol. The lowest BCUT2D eigenvalue weighted by Crippen LogP contribution is -2.16. The zero-order chi connectivity index (χ0) is 24.6. The van der Waals surface area contributed by atoms with Gasteiger partial charge in [-0.1, -0.05) is 48.5 Å². The number of anilines is 4. The van der Waals surface area contributed by atoms with E-state index in [0.717, 1.165) is 45.0 Å². The molecule has 0 saturated carbocycles. The van der Waals surface area contributed by atoms with Gasteiger partial charge in [-0.2, -0.15) is 0 Å². The highest BCUT2D eigenvalue weighted by Crippen LogP contribution is 2.45. The van der Waals surface area contributed by atoms with E-state index in [1.165, 1.54) is 22.3 Å². The van der Waals surface area contributed by atoms with Gasteiger partial charge < -0.3 is 22.9 Å². The standard InChI is InChI=1S/C30H34N4/c1-17-13-21(5-9-25(17)31)29(22-6-10-26(32)18(2)14-22)30(23-7-11-27(33)19(3)15-23)24-8-12-28(34)20(4)16-24/h5-16,29-30H,31-34H2,1-4H3. The zero-order valence-electron chi connectivity index (χ0n) is 20.4. The summed E-state index contributed by atoms with van der Waals surface area (Å²) in [5, 5.41) is 0. The van der Waals surface area contributed by atoms with Crippen LogP contribution in [0, 0.1) is 27.7 Å². The molecule has 174 valence electrons. The number of hydrogen-bond donors (Lipinski definition) is 4. The van der Waals surface area contributed by atoms with Gasteiger partial charge in [-0.15, -0.1) is 0 Å². The van der Waals surface area contributed by atoms with Crippen molar-refractivity contribution in [2.75, 3.05) is 22.9 Å². The molecule has 0 radical (unpaired) electrons. The van der Waals surface area contributed by atoms with Crippen molar-refractivity contribution < 1.29 is 0 Å². The molecule has 8 N–H and O–H groups in total. The first-order chi connectivity index (χ1) is 16.2. The number of hydrogen-bond acceptors (Lipinski definition) is 4. The molecule has 0 heterocycles. The van der Waals surface area contributed by atoms with Crippen LogP contribution in [-0.2, 0) is 0 Å². The van der Waals surface area contributed by atoms with E-state index >= 15 is 0 Å². The molecule has 34 heavy (non-hydrogen) atoms. The summed E-state index contributed by atoms with van der Waals surface area (Å²) in [6.45, 7) is 8.22. The van der Waals surface area contributed by atoms with Crippen molar-refractivity contribution >= 4 is 22.7 Å². The van der Waals surface area contributed by atoms with E-state index < -0.39 is 0 Å². The highest BCUT2D eigenvalue weighted by Gasteiger charge is 2.29. The summed E-state index contributed by atoms with van der Waals surface area (Å²) in [7, 11) is 0. The van der Waals surface area contributed by atoms with Gasteiger partial charge in [0, 0.05) is 34.6 Å². The summed E-state index contributed by atoms with van der Waals surface area (Å²) in [6, 6.07) is 25.4. The maximum Gasteiger partial charge on any atom is 0.0343 e. The van der Waals surface area contributed by atoms with Crippen LogP contribution in [0.25, 0.3) is 0 Å². The molecule has 0 aliphatic rings. The molecule has 0 bridgehead atoms. The van der Waals surface area contributed by atoms with Gasteiger partial charge in [0.1, 0.15) is 0 Å². The average Bonchev–Trinajstić information content (AvgIpc) is 2.80. The van der Waals surface area contributed by atoms with Crippen LogP contribution in [0.5, 0.6) is 0 Å². The van der Waals surface area contributed by atoms with Gasteiger partial charge in [0.15, 0.2) is 0 Å². The molecule has 4 nitrogen and oxygen atoms in total. The van der Waals surface area contributed by atoms with Crippen molar-refractivity contribution in [3.05, 3.63) is 117 Å². The van der Waals surface area contributed by atoms with Crippen molar-refractivity contribution in [2.24, 2.45) is 0 Å². The van der Waals surface area contributed by atoms with Crippen LogP contribution in [0.3, 0.4) is 0 Å². The molecule has 0 atom stereocenters. The maximum atomic E-state index is 6.20. The number of rotatable bonds is 5. The Kier molecular flexibility index (Phi) is 6.25. The Morgan fingerprint density at radius 3 is 0.765 bits per heavy atom. The molecule has 4 aromatic carbocycles. The fraction of sp³-hybridized carbons (Fsp3) is 0.200. The van der Waals surface area contributed by atoms with Crippen molar-refractivity contribution in [3.8, 4) is 0 Å². The quantitative estimate of drug-likeness (QED) is 0.271. The van der Waals surface area contributed by atoms with E-state index in [9.17, 15) is 0 Å². The topological polar surface area (TPSA) is 104 Å². The largest absolute Gasteiger partial charge is 0.399 e. The van der Waals surface area contributed by atoms with Gasteiger partial charge in [-0.25, -0.2) is 0 Å². The first-order valence-corrected chi connectivity index (χ1v) is 11.6. The summed E-state index contributed by atoms with van der Waals surface area (Å²) in [5.74, 6) is 0.0642. The molecule has 4 aromatic rings. The molecule has 0 spiro atoms. The molecule has 0 aliphatic carbocycles. The predicted octanol–water partition coefficient (Wildman–Crippen LogP) is 6.21. The summed E-state index contributed by atoms with van der Waals surface area (Å²) in [5.41, 5.74) is 37.0.